The largest absolute Gasteiger partial charge is 0.419 e. The molecule has 0 radical (unpaired) electrons. The average Bonchev–Trinajstić information content (AvgIpc) is 3.32. The van der Waals surface area contributed by atoms with Crippen molar-refractivity contribution in [3.8, 4) is 6.07 Å². The number of halogens is 3. The van der Waals surface area contributed by atoms with E-state index in [0.29, 0.717) is 23.7 Å². The minimum atomic E-state index is -4.81. The van der Waals surface area contributed by atoms with Gasteiger partial charge in [-0.2, -0.15) is 18.4 Å². The van der Waals surface area contributed by atoms with Crippen molar-refractivity contribution < 1.29 is 32.3 Å². The molecule has 1 unspecified atom stereocenters. The van der Waals surface area contributed by atoms with Crippen molar-refractivity contribution in [3.63, 3.8) is 0 Å². The number of piperidine rings is 1. The van der Waals surface area contributed by atoms with Gasteiger partial charge in [0, 0.05) is 37.6 Å². The number of alkyl halides is 3. The maximum Gasteiger partial charge on any atom is 0.419 e. The SMILES string of the molecule is C[C@@H]1CN(CCCC2CCC(N3C(=S)N(c4cnc(C#N)c(C(F)(F)F)c4)C(=O)C3(C)C)CC2)C[C@H](C)N1CC(=O)Nc1ccc(C2CCC(=O)NC2=O)nc1. The topological polar surface area (TPSA) is 155 Å². The number of thiocarbonyl (C=S) groups is 1. The fourth-order valence-electron chi connectivity index (χ4n) is 8.81. The van der Waals surface area contributed by atoms with E-state index in [1.54, 1.807) is 32.2 Å². The third-order valence-electron chi connectivity index (χ3n) is 11.7. The van der Waals surface area contributed by atoms with Crippen molar-refractivity contribution in [2.45, 2.75) is 115 Å². The lowest BCUT2D eigenvalue weighted by atomic mass is 9.82. The fourth-order valence-corrected chi connectivity index (χ4v) is 9.38. The first-order valence-corrected chi connectivity index (χ1v) is 19.6. The predicted molar refractivity (Wildman–Crippen MR) is 205 cm³/mol. The molecule has 56 heavy (non-hydrogen) atoms. The smallest absolute Gasteiger partial charge is 0.331 e. The molecule has 0 aromatic carbocycles. The highest BCUT2D eigenvalue weighted by molar-refractivity contribution is 7.80. The van der Waals surface area contributed by atoms with Gasteiger partial charge >= 0.3 is 6.18 Å². The summed E-state index contributed by atoms with van der Waals surface area (Å²) >= 11 is 5.74. The molecular weight excluding hydrogens is 748 g/mol. The molecule has 3 atom stereocenters. The average molecular weight is 796 g/mol. The van der Waals surface area contributed by atoms with Gasteiger partial charge in [-0.3, -0.25) is 39.3 Å². The number of anilines is 2. The molecule has 13 nitrogen and oxygen atoms in total. The Labute approximate surface area is 330 Å². The van der Waals surface area contributed by atoms with Gasteiger partial charge in [0.25, 0.3) is 5.91 Å². The van der Waals surface area contributed by atoms with E-state index in [9.17, 15) is 32.3 Å². The van der Waals surface area contributed by atoms with Gasteiger partial charge in [-0.1, -0.05) is 0 Å². The van der Waals surface area contributed by atoms with E-state index in [2.05, 4.69) is 44.2 Å². The standard InChI is InChI=1S/C39H48F3N9O4S/c1-23-20-48(21-24(2)49(23)22-34(53)46-26-9-13-31(44-18-26)29-12-14-33(52)47-35(29)54)15-5-6-25-7-10-27(11-8-25)51-37(56)50(36(55)38(51,3)4)28-16-30(39(40,41)42)32(17-43)45-19-28/h9,13,16,18-19,23-25,27,29H,5-8,10-12,14-15,20-22H2,1-4H3,(H,46,53)(H,47,52,54)/t23-,24+,25?,27?,29?. The summed E-state index contributed by atoms with van der Waals surface area (Å²) in [5.41, 5.74) is -2.01. The van der Waals surface area contributed by atoms with Gasteiger partial charge in [0.1, 0.15) is 11.6 Å². The molecule has 17 heteroatoms. The molecule has 0 bridgehead atoms. The van der Waals surface area contributed by atoms with Crippen LogP contribution < -0.4 is 15.5 Å². The summed E-state index contributed by atoms with van der Waals surface area (Å²) in [4.78, 5) is 66.0. The van der Waals surface area contributed by atoms with Gasteiger partial charge in [0.05, 0.1) is 47.5 Å². The van der Waals surface area contributed by atoms with Crippen LogP contribution in [-0.2, 0) is 25.4 Å². The number of rotatable bonds is 10. The van der Waals surface area contributed by atoms with Gasteiger partial charge in [0.15, 0.2) is 10.8 Å². The van der Waals surface area contributed by atoms with Crippen molar-refractivity contribution in [2.75, 3.05) is 36.4 Å². The van der Waals surface area contributed by atoms with Crippen LogP contribution in [0.25, 0.3) is 0 Å². The number of nitrogens with one attached hydrogen (secondary N) is 2. The summed E-state index contributed by atoms with van der Waals surface area (Å²) in [7, 11) is 0. The molecule has 2 N–H and O–H groups in total. The zero-order chi connectivity index (χ0) is 40.5. The second kappa shape index (κ2) is 16.5. The van der Waals surface area contributed by atoms with Gasteiger partial charge < -0.3 is 15.1 Å². The normalized spacial score (nSPS) is 26.3. The summed E-state index contributed by atoms with van der Waals surface area (Å²) in [5, 5.41) is 14.6. The summed E-state index contributed by atoms with van der Waals surface area (Å²) in [5.74, 6) is -1.16. The van der Waals surface area contributed by atoms with E-state index < -0.39 is 34.8 Å². The van der Waals surface area contributed by atoms with Crippen LogP contribution >= 0.6 is 12.2 Å². The number of imide groups is 1. The molecule has 4 amide bonds. The lowest BCUT2D eigenvalue weighted by Crippen LogP contribution is -2.58. The summed E-state index contributed by atoms with van der Waals surface area (Å²) in [6, 6.07) is 6.00. The highest BCUT2D eigenvalue weighted by Gasteiger charge is 2.53. The third kappa shape index (κ3) is 8.72. The number of pyridine rings is 2. The fraction of sp³-hybridized carbons (Fsp3) is 0.590. The predicted octanol–water partition coefficient (Wildman–Crippen LogP) is 4.97. The molecule has 300 valence electrons. The maximum atomic E-state index is 13.7. The molecule has 1 saturated carbocycles. The van der Waals surface area contributed by atoms with Crippen molar-refractivity contribution >= 4 is 52.3 Å². The van der Waals surface area contributed by atoms with Crippen LogP contribution in [0.15, 0.2) is 30.6 Å². The number of carbonyl (C=O) groups is 4. The molecule has 2 aromatic rings. The summed E-state index contributed by atoms with van der Waals surface area (Å²) in [6.45, 7) is 10.6. The number of nitrogens with zero attached hydrogens (tertiary/aromatic N) is 7. The first-order valence-electron chi connectivity index (χ1n) is 19.2. The molecule has 0 spiro atoms. The molecular formula is C39H48F3N9O4S. The second-order valence-corrected chi connectivity index (χ2v) is 16.4. The van der Waals surface area contributed by atoms with Crippen molar-refractivity contribution in [3.05, 3.63) is 47.5 Å². The zero-order valence-electron chi connectivity index (χ0n) is 32.1. The summed E-state index contributed by atoms with van der Waals surface area (Å²) in [6.07, 6.45) is 4.13. The van der Waals surface area contributed by atoms with E-state index in [1.165, 1.54) is 6.07 Å². The number of aromatic nitrogens is 2. The second-order valence-electron chi connectivity index (χ2n) is 16.0. The Balaban J connectivity index is 0.942. The molecule has 3 saturated heterocycles. The monoisotopic (exact) mass is 795 g/mol. The van der Waals surface area contributed by atoms with Crippen LogP contribution in [0.1, 0.15) is 102 Å². The Morgan fingerprint density at radius 2 is 1.75 bits per heavy atom. The van der Waals surface area contributed by atoms with Gasteiger partial charge in [0.2, 0.25) is 17.7 Å². The third-order valence-corrected chi connectivity index (χ3v) is 12.1. The van der Waals surface area contributed by atoms with Crippen molar-refractivity contribution in [2.24, 2.45) is 5.92 Å². The maximum absolute atomic E-state index is 13.7. The molecule has 4 aliphatic rings. The quantitative estimate of drug-likeness (QED) is 0.248. The van der Waals surface area contributed by atoms with Gasteiger partial charge in [-0.25, -0.2) is 4.98 Å². The zero-order valence-corrected chi connectivity index (χ0v) is 32.9. The highest BCUT2D eigenvalue weighted by atomic mass is 32.1. The van der Waals surface area contributed by atoms with Crippen LogP contribution in [0.5, 0.6) is 0 Å². The summed E-state index contributed by atoms with van der Waals surface area (Å²) < 4.78 is 41.1. The highest BCUT2D eigenvalue weighted by Crippen LogP contribution is 2.41. The molecule has 1 aliphatic carbocycles. The molecule has 6 rings (SSSR count). The molecule has 4 fully saturated rings. The van der Waals surface area contributed by atoms with Gasteiger partial charge in [-0.05, 0) is 116 Å². The van der Waals surface area contributed by atoms with E-state index >= 15 is 0 Å². The van der Waals surface area contributed by atoms with E-state index in [0.717, 1.165) is 75.3 Å². The minimum absolute atomic E-state index is 0.0310. The molecule has 2 aromatic heterocycles. The lowest BCUT2D eigenvalue weighted by molar-refractivity contribution is -0.138. The Hall–Kier alpha value is -4.53. The van der Waals surface area contributed by atoms with Crippen LogP contribution in [0.3, 0.4) is 0 Å². The Bertz CT molecular complexity index is 1880. The van der Waals surface area contributed by atoms with Crippen LogP contribution in [-0.4, -0.2) is 103 Å². The van der Waals surface area contributed by atoms with Crippen LogP contribution in [0.2, 0.25) is 0 Å². The number of piperazine rings is 1. The Morgan fingerprint density at radius 1 is 1.05 bits per heavy atom. The van der Waals surface area contributed by atoms with E-state index in [1.807, 2.05) is 4.90 Å². The van der Waals surface area contributed by atoms with E-state index in [4.69, 9.17) is 17.5 Å². The van der Waals surface area contributed by atoms with Crippen LogP contribution in [0.4, 0.5) is 24.5 Å². The number of carbonyl (C=O) groups excluding carboxylic acids is 4. The number of amides is 4. The molecule has 3 aliphatic heterocycles. The Kier molecular flexibility index (Phi) is 12.1. The first-order chi connectivity index (χ1) is 26.5. The number of hydrogen-bond donors (Lipinski definition) is 2. The number of nitriles is 1. The first kappa shape index (κ1) is 41.1. The van der Waals surface area contributed by atoms with Crippen molar-refractivity contribution in [1.82, 2.24) is 30.0 Å². The minimum Gasteiger partial charge on any atom is -0.331 e. The Morgan fingerprint density at radius 3 is 2.36 bits per heavy atom. The van der Waals surface area contributed by atoms with Crippen LogP contribution in [0, 0.1) is 17.2 Å². The molecule has 5 heterocycles. The van der Waals surface area contributed by atoms with E-state index in [-0.39, 0.29) is 59.6 Å². The number of hydrogen-bond acceptors (Lipinski definition) is 10. The van der Waals surface area contributed by atoms with Gasteiger partial charge in [-0.15, -0.1) is 0 Å². The lowest BCUT2D eigenvalue weighted by Gasteiger charge is -2.44. The van der Waals surface area contributed by atoms with Crippen molar-refractivity contribution in [1.29, 1.82) is 5.26 Å².